The highest BCUT2D eigenvalue weighted by atomic mass is 16.6. The molecule has 9 nitrogen and oxygen atoms in total. The lowest BCUT2D eigenvalue weighted by Gasteiger charge is -2.22. The molecule has 0 saturated heterocycles. The van der Waals surface area contributed by atoms with Crippen LogP contribution in [0.25, 0.3) is 0 Å². The highest BCUT2D eigenvalue weighted by molar-refractivity contribution is 6.06. The van der Waals surface area contributed by atoms with Crippen molar-refractivity contribution in [1.82, 2.24) is 4.90 Å². The Balaban J connectivity index is 3.33. The van der Waals surface area contributed by atoms with E-state index in [-0.39, 0.29) is 5.69 Å². The minimum absolute atomic E-state index is 0.0283. The van der Waals surface area contributed by atoms with Gasteiger partial charge in [-0.15, -0.1) is 0 Å². The first-order valence-corrected chi connectivity index (χ1v) is 8.37. The van der Waals surface area contributed by atoms with Crippen LogP contribution in [0.5, 0.6) is 5.75 Å². The first kappa shape index (κ1) is 22.1. The largest absolute Gasteiger partial charge is 0.494 e. The van der Waals surface area contributed by atoms with Gasteiger partial charge in [-0.2, -0.15) is 0 Å². The number of hydrogen-bond acceptors (Lipinski definition) is 6. The molecule has 1 rings (SSSR count). The minimum atomic E-state index is -0.410. The van der Waals surface area contributed by atoms with Gasteiger partial charge in [0, 0.05) is 45.0 Å². The highest BCUT2D eigenvalue weighted by Crippen LogP contribution is 2.38. The van der Waals surface area contributed by atoms with E-state index in [1.165, 1.54) is 13.2 Å². The van der Waals surface area contributed by atoms with Crippen molar-refractivity contribution in [2.45, 2.75) is 6.92 Å². The number of nitrogens with one attached hydrogen (secondary N) is 1. The Bertz CT molecular complexity index is 743. The van der Waals surface area contributed by atoms with Crippen molar-refractivity contribution in [3.63, 3.8) is 0 Å². The van der Waals surface area contributed by atoms with Crippen molar-refractivity contribution in [2.24, 2.45) is 9.98 Å². The number of nitro groups is 1. The van der Waals surface area contributed by atoms with Crippen molar-refractivity contribution in [2.75, 3.05) is 58.6 Å². The Hall–Kier alpha value is -2.94. The fourth-order valence-electron chi connectivity index (χ4n) is 2.21. The number of aliphatic imine (C=N–C) groups is 2. The van der Waals surface area contributed by atoms with E-state index >= 15 is 0 Å². The summed E-state index contributed by atoms with van der Waals surface area (Å²) in [6.07, 6.45) is 1.59. The van der Waals surface area contributed by atoms with E-state index in [0.29, 0.717) is 35.3 Å². The molecule has 1 aromatic rings. The number of rotatable bonds is 8. The molecule has 27 heavy (non-hydrogen) atoms. The quantitative estimate of drug-likeness (QED) is 0.324. The van der Waals surface area contributed by atoms with Gasteiger partial charge in [-0.05, 0) is 27.1 Å². The number of benzene rings is 1. The van der Waals surface area contributed by atoms with Crippen LogP contribution in [0.15, 0.2) is 34.8 Å². The number of allylic oxidation sites excluding steroid dienone is 1. The zero-order valence-corrected chi connectivity index (χ0v) is 16.8. The van der Waals surface area contributed by atoms with Gasteiger partial charge < -0.3 is 19.9 Å². The number of nitro benzene ring substituents is 1. The Morgan fingerprint density at radius 3 is 2.52 bits per heavy atom. The van der Waals surface area contributed by atoms with Gasteiger partial charge in [0.05, 0.1) is 17.7 Å². The van der Waals surface area contributed by atoms with E-state index < -0.39 is 4.92 Å². The van der Waals surface area contributed by atoms with E-state index in [2.05, 4.69) is 21.9 Å². The molecular formula is C18H28N6O3. The van der Waals surface area contributed by atoms with Gasteiger partial charge >= 0.3 is 0 Å². The number of hydrogen-bond donors (Lipinski definition) is 1. The Kier molecular flexibility index (Phi) is 8.40. The van der Waals surface area contributed by atoms with E-state index in [9.17, 15) is 10.1 Å². The minimum Gasteiger partial charge on any atom is -0.494 e. The molecule has 0 aromatic heterocycles. The number of methoxy groups -OCH3 is 1. The Labute approximate surface area is 160 Å². The standard InChI is InChI=1S/C18H28N6O3/c1-8-13(2)20-18(19-3)21-14-11-16(24(25)26)15(12-17(14)27-7)23(6)10-9-22(4)5/h8,11-12H,1,9-10H2,2-7H3,(H,19,21)/b20-13-. The Morgan fingerprint density at radius 1 is 1.37 bits per heavy atom. The van der Waals surface area contributed by atoms with E-state index in [0.717, 1.165) is 6.54 Å². The first-order valence-electron chi connectivity index (χ1n) is 8.37. The fraction of sp³-hybridized carbons (Fsp3) is 0.444. The molecule has 0 atom stereocenters. The summed E-state index contributed by atoms with van der Waals surface area (Å²) in [5, 5.41) is 14.6. The lowest BCUT2D eigenvalue weighted by Crippen LogP contribution is -2.29. The van der Waals surface area contributed by atoms with Gasteiger partial charge in [0.2, 0.25) is 5.96 Å². The lowest BCUT2D eigenvalue weighted by molar-refractivity contribution is -0.384. The number of likely N-dealkylation sites (N-methyl/N-ethyl adjacent to an activating group) is 2. The predicted octanol–water partition coefficient (Wildman–Crippen LogP) is 2.65. The average molecular weight is 376 g/mol. The zero-order valence-electron chi connectivity index (χ0n) is 16.8. The zero-order chi connectivity index (χ0) is 20.6. The lowest BCUT2D eigenvalue weighted by atomic mass is 10.2. The van der Waals surface area contributed by atoms with E-state index in [4.69, 9.17) is 4.74 Å². The number of ether oxygens (including phenoxy) is 1. The summed E-state index contributed by atoms with van der Waals surface area (Å²) in [6.45, 7) is 6.83. The molecule has 0 fully saturated rings. The molecule has 1 N–H and O–H groups in total. The highest BCUT2D eigenvalue weighted by Gasteiger charge is 2.22. The molecule has 0 aliphatic heterocycles. The molecule has 9 heteroatoms. The molecule has 0 bridgehead atoms. The van der Waals surface area contributed by atoms with E-state index in [1.807, 2.05) is 30.9 Å². The Morgan fingerprint density at radius 2 is 2.04 bits per heavy atom. The molecule has 0 spiro atoms. The maximum Gasteiger partial charge on any atom is 0.294 e. The summed E-state index contributed by atoms with van der Waals surface area (Å²) in [6, 6.07) is 3.08. The van der Waals surface area contributed by atoms with Crippen LogP contribution in [-0.4, -0.2) is 69.9 Å². The van der Waals surface area contributed by atoms with Gasteiger partial charge in [-0.25, -0.2) is 4.99 Å². The second-order valence-electron chi connectivity index (χ2n) is 6.15. The van der Waals surface area contributed by atoms with Crippen LogP contribution < -0.4 is 15.0 Å². The van der Waals surface area contributed by atoms with Crippen LogP contribution in [0.2, 0.25) is 0 Å². The second-order valence-corrected chi connectivity index (χ2v) is 6.15. The average Bonchev–Trinajstić information content (AvgIpc) is 2.64. The third-order valence-electron chi connectivity index (χ3n) is 3.82. The maximum atomic E-state index is 11.6. The third-order valence-corrected chi connectivity index (χ3v) is 3.82. The molecular weight excluding hydrogens is 348 g/mol. The van der Waals surface area contributed by atoms with Crippen molar-refractivity contribution in [1.29, 1.82) is 0 Å². The van der Waals surface area contributed by atoms with Gasteiger partial charge in [-0.1, -0.05) is 6.58 Å². The summed E-state index contributed by atoms with van der Waals surface area (Å²) in [4.78, 5) is 23.4. The van der Waals surface area contributed by atoms with Gasteiger partial charge in [0.25, 0.3) is 5.69 Å². The molecule has 0 heterocycles. The van der Waals surface area contributed by atoms with Gasteiger partial charge in [-0.3, -0.25) is 15.1 Å². The topological polar surface area (TPSA) is 95.6 Å². The summed E-state index contributed by atoms with van der Waals surface area (Å²) in [5.41, 5.74) is 1.52. The maximum absolute atomic E-state index is 11.6. The number of anilines is 2. The number of nitrogens with zero attached hydrogens (tertiary/aromatic N) is 5. The monoisotopic (exact) mass is 376 g/mol. The van der Waals surface area contributed by atoms with Crippen molar-refractivity contribution in [3.8, 4) is 5.75 Å². The third kappa shape index (κ3) is 6.37. The van der Waals surface area contributed by atoms with Crippen LogP contribution in [0.3, 0.4) is 0 Å². The van der Waals surface area contributed by atoms with E-state index in [1.54, 1.807) is 26.1 Å². The predicted molar refractivity (Wildman–Crippen MR) is 112 cm³/mol. The smallest absolute Gasteiger partial charge is 0.294 e. The van der Waals surface area contributed by atoms with Crippen LogP contribution in [-0.2, 0) is 0 Å². The summed E-state index contributed by atoms with van der Waals surface area (Å²) < 4.78 is 5.43. The van der Waals surface area contributed by atoms with Crippen LogP contribution in [0, 0.1) is 10.1 Å². The molecule has 0 amide bonds. The van der Waals surface area contributed by atoms with Crippen LogP contribution in [0.1, 0.15) is 6.92 Å². The molecule has 1 aromatic carbocycles. The second kappa shape index (κ2) is 10.3. The molecule has 0 saturated carbocycles. The molecule has 0 unspecified atom stereocenters. The summed E-state index contributed by atoms with van der Waals surface area (Å²) >= 11 is 0. The molecule has 0 aliphatic rings. The fourth-order valence-corrected chi connectivity index (χ4v) is 2.21. The molecule has 0 radical (unpaired) electrons. The van der Waals surface area contributed by atoms with Crippen LogP contribution >= 0.6 is 0 Å². The van der Waals surface area contributed by atoms with Crippen molar-refractivity contribution >= 4 is 28.7 Å². The van der Waals surface area contributed by atoms with Crippen molar-refractivity contribution < 1.29 is 9.66 Å². The summed E-state index contributed by atoms with van der Waals surface area (Å²) in [5.74, 6) is 0.758. The molecule has 148 valence electrons. The van der Waals surface area contributed by atoms with Gasteiger partial charge in [0.15, 0.2) is 0 Å². The van der Waals surface area contributed by atoms with Gasteiger partial charge in [0.1, 0.15) is 11.4 Å². The first-order chi connectivity index (χ1) is 12.7. The summed E-state index contributed by atoms with van der Waals surface area (Å²) in [7, 11) is 8.80. The SMILES string of the molecule is C=C/C(C)=N\C(=NC)Nc1cc([N+](=O)[O-])c(N(C)CCN(C)C)cc1OC. The number of guanidine groups is 1. The van der Waals surface area contributed by atoms with Crippen molar-refractivity contribution in [3.05, 3.63) is 34.9 Å². The normalized spacial score (nSPS) is 12.1. The van der Waals surface area contributed by atoms with Crippen LogP contribution in [0.4, 0.5) is 17.1 Å². The molecule has 0 aliphatic carbocycles.